The number of benzene rings is 1. The van der Waals surface area contributed by atoms with E-state index in [1.165, 1.54) is 11.8 Å². The molecule has 0 saturated carbocycles. The quantitative estimate of drug-likeness (QED) is 0.385. The summed E-state index contributed by atoms with van der Waals surface area (Å²) in [5, 5.41) is 6.06. The van der Waals surface area contributed by atoms with E-state index in [0.717, 1.165) is 24.4 Å². The molecule has 3 heterocycles. The zero-order valence-electron chi connectivity index (χ0n) is 15.6. The molecule has 2 fully saturated rings. The van der Waals surface area contributed by atoms with Crippen molar-refractivity contribution in [2.24, 2.45) is 0 Å². The van der Waals surface area contributed by atoms with Gasteiger partial charge in [0.05, 0.1) is 15.7 Å². The van der Waals surface area contributed by atoms with Gasteiger partial charge in [0.15, 0.2) is 0 Å². The topological polar surface area (TPSA) is 86.6 Å². The predicted molar refractivity (Wildman–Crippen MR) is 107 cm³/mol. The van der Waals surface area contributed by atoms with Crippen molar-refractivity contribution < 1.29 is 19.1 Å². The highest BCUT2D eigenvalue weighted by Gasteiger charge is 2.53. The van der Waals surface area contributed by atoms with Crippen LogP contribution in [-0.2, 0) is 19.1 Å². The molecule has 2 aliphatic heterocycles. The predicted octanol–water partition coefficient (Wildman–Crippen LogP) is 3.21. The molecule has 0 amide bonds. The first-order chi connectivity index (χ1) is 13.9. The largest absolute Gasteiger partial charge is 0.421 e. The lowest BCUT2D eigenvalue weighted by Crippen LogP contribution is -2.53. The number of carbonyl (C=O) groups is 2. The first kappa shape index (κ1) is 20.5. The standard InChI is InChI=1S/C18H18Cl2N4O4S/c1-11-21-17(22-24(11)12-4-5-13(19)14(20)10-12)29-9-8-23-7-3-2-6-18(23)27-15(25)16(26)28-18/h4-5,10H,2-3,6-9H2,1H3. The van der Waals surface area contributed by atoms with Gasteiger partial charge in [-0.15, -0.1) is 5.10 Å². The van der Waals surface area contributed by atoms with Crippen LogP contribution in [-0.4, -0.2) is 56.4 Å². The summed E-state index contributed by atoms with van der Waals surface area (Å²) >= 11 is 13.5. The van der Waals surface area contributed by atoms with Gasteiger partial charge >= 0.3 is 17.8 Å². The molecule has 0 N–H and O–H groups in total. The summed E-state index contributed by atoms with van der Waals surface area (Å²) in [6.45, 7) is 3.10. The highest BCUT2D eigenvalue weighted by Crippen LogP contribution is 2.35. The van der Waals surface area contributed by atoms with Crippen LogP contribution in [0.15, 0.2) is 23.4 Å². The van der Waals surface area contributed by atoms with Crippen molar-refractivity contribution in [3.63, 3.8) is 0 Å². The van der Waals surface area contributed by atoms with E-state index in [2.05, 4.69) is 10.1 Å². The summed E-state index contributed by atoms with van der Waals surface area (Å²) in [7, 11) is 0. The van der Waals surface area contributed by atoms with Crippen LogP contribution in [0.3, 0.4) is 0 Å². The van der Waals surface area contributed by atoms with Crippen molar-refractivity contribution >= 4 is 46.9 Å². The number of nitrogens with zero attached hydrogens (tertiary/aromatic N) is 4. The molecule has 0 bridgehead atoms. The molecule has 11 heteroatoms. The number of carbonyl (C=O) groups excluding carboxylic acids is 2. The molecule has 2 aliphatic rings. The van der Waals surface area contributed by atoms with Crippen LogP contribution in [0.1, 0.15) is 25.1 Å². The molecule has 0 aliphatic carbocycles. The van der Waals surface area contributed by atoms with Gasteiger partial charge in [-0.3, -0.25) is 0 Å². The summed E-state index contributed by atoms with van der Waals surface area (Å²) in [4.78, 5) is 29.5. The number of hydrogen-bond donors (Lipinski definition) is 0. The third-order valence-corrected chi connectivity index (χ3v) is 6.37. The van der Waals surface area contributed by atoms with Gasteiger partial charge in [-0.2, -0.15) is 0 Å². The fourth-order valence-corrected chi connectivity index (χ4v) is 4.54. The van der Waals surface area contributed by atoms with Crippen molar-refractivity contribution in [1.82, 2.24) is 19.7 Å². The Kier molecular flexibility index (Phi) is 5.74. The van der Waals surface area contributed by atoms with Gasteiger partial charge in [-0.25, -0.2) is 24.2 Å². The molecular weight excluding hydrogens is 439 g/mol. The number of aromatic nitrogens is 3. The maximum absolute atomic E-state index is 11.5. The van der Waals surface area contributed by atoms with Crippen molar-refractivity contribution in [3.05, 3.63) is 34.1 Å². The number of piperidine rings is 1. The van der Waals surface area contributed by atoms with Crippen LogP contribution in [0.4, 0.5) is 0 Å². The first-order valence-corrected chi connectivity index (χ1v) is 10.9. The minimum Gasteiger partial charge on any atom is -0.400 e. The molecular formula is C18H18Cl2N4O4S. The van der Waals surface area contributed by atoms with E-state index in [0.29, 0.717) is 40.5 Å². The Morgan fingerprint density at radius 3 is 2.66 bits per heavy atom. The smallest absolute Gasteiger partial charge is 0.400 e. The maximum Gasteiger partial charge on any atom is 0.421 e. The van der Waals surface area contributed by atoms with Crippen LogP contribution in [0, 0.1) is 6.92 Å². The van der Waals surface area contributed by atoms with Crippen LogP contribution in [0.5, 0.6) is 0 Å². The number of aryl methyl sites for hydroxylation is 1. The van der Waals surface area contributed by atoms with E-state index in [1.54, 1.807) is 16.8 Å². The van der Waals surface area contributed by atoms with Crippen LogP contribution in [0.2, 0.25) is 10.0 Å². The lowest BCUT2D eigenvalue weighted by molar-refractivity contribution is -0.262. The summed E-state index contributed by atoms with van der Waals surface area (Å²) in [5.74, 6) is -1.75. The normalized spacial score (nSPS) is 18.9. The number of halogens is 2. The van der Waals surface area contributed by atoms with E-state index in [1.807, 2.05) is 17.9 Å². The number of hydrogen-bond acceptors (Lipinski definition) is 8. The molecule has 0 atom stereocenters. The molecule has 4 rings (SSSR count). The van der Waals surface area contributed by atoms with Gasteiger partial charge in [0.1, 0.15) is 5.82 Å². The van der Waals surface area contributed by atoms with E-state index < -0.39 is 17.8 Å². The van der Waals surface area contributed by atoms with Gasteiger partial charge in [0, 0.05) is 25.3 Å². The molecule has 29 heavy (non-hydrogen) atoms. The number of esters is 2. The molecule has 1 aromatic carbocycles. The second-order valence-electron chi connectivity index (χ2n) is 6.74. The van der Waals surface area contributed by atoms with Crippen molar-refractivity contribution in [2.45, 2.75) is 37.3 Å². The maximum atomic E-state index is 11.5. The Morgan fingerprint density at radius 1 is 1.17 bits per heavy atom. The summed E-state index contributed by atoms with van der Waals surface area (Å²) in [5.41, 5.74) is 0.774. The van der Waals surface area contributed by atoms with Crippen LogP contribution >= 0.6 is 35.0 Å². The Hall–Kier alpha value is -1.81. The summed E-state index contributed by atoms with van der Waals surface area (Å²) < 4.78 is 12.2. The van der Waals surface area contributed by atoms with Gasteiger partial charge in [0.2, 0.25) is 5.16 Å². The SMILES string of the molecule is Cc1nc(SCCN2CCCCC23OC(=O)C(=O)O3)nn1-c1ccc(Cl)c(Cl)c1. The zero-order valence-corrected chi connectivity index (χ0v) is 17.9. The minimum absolute atomic E-state index is 0.448. The van der Waals surface area contributed by atoms with Gasteiger partial charge < -0.3 is 9.47 Å². The number of rotatable bonds is 5. The Morgan fingerprint density at radius 2 is 1.93 bits per heavy atom. The van der Waals surface area contributed by atoms with Crippen LogP contribution in [0.25, 0.3) is 5.69 Å². The van der Waals surface area contributed by atoms with Gasteiger partial charge in [-0.1, -0.05) is 35.0 Å². The number of thioether (sulfide) groups is 1. The van der Waals surface area contributed by atoms with E-state index in [9.17, 15) is 9.59 Å². The Bertz CT molecular complexity index is 951. The fourth-order valence-electron chi connectivity index (χ4n) is 3.42. The molecule has 1 spiro atoms. The molecule has 2 aromatic rings. The van der Waals surface area contributed by atoms with E-state index in [-0.39, 0.29) is 0 Å². The molecule has 8 nitrogen and oxygen atoms in total. The second-order valence-corrected chi connectivity index (χ2v) is 8.61. The average Bonchev–Trinajstić information content (AvgIpc) is 3.19. The third-order valence-electron chi connectivity index (χ3n) is 4.81. The van der Waals surface area contributed by atoms with Crippen LogP contribution < -0.4 is 0 Å². The summed E-state index contributed by atoms with van der Waals surface area (Å²) in [6, 6.07) is 5.28. The van der Waals surface area contributed by atoms with Crippen molar-refractivity contribution in [2.75, 3.05) is 18.8 Å². The van der Waals surface area contributed by atoms with Gasteiger partial charge in [0.25, 0.3) is 0 Å². The molecule has 0 radical (unpaired) electrons. The second kappa shape index (κ2) is 8.14. The average molecular weight is 457 g/mol. The Labute approximate surface area is 181 Å². The number of likely N-dealkylation sites (tertiary alicyclic amines) is 1. The van der Waals surface area contributed by atoms with Crippen molar-refractivity contribution in [3.8, 4) is 5.69 Å². The molecule has 154 valence electrons. The lowest BCUT2D eigenvalue weighted by Gasteiger charge is -2.40. The zero-order chi connectivity index (χ0) is 20.6. The van der Waals surface area contributed by atoms with E-state index in [4.69, 9.17) is 32.7 Å². The first-order valence-electron chi connectivity index (χ1n) is 9.11. The monoisotopic (exact) mass is 456 g/mol. The minimum atomic E-state index is -1.25. The molecule has 2 saturated heterocycles. The lowest BCUT2D eigenvalue weighted by atomic mass is 10.1. The van der Waals surface area contributed by atoms with Crippen molar-refractivity contribution in [1.29, 1.82) is 0 Å². The number of ether oxygens (including phenoxy) is 2. The fraction of sp³-hybridized carbons (Fsp3) is 0.444. The van der Waals surface area contributed by atoms with E-state index >= 15 is 0 Å². The summed E-state index contributed by atoms with van der Waals surface area (Å²) in [6.07, 6.45) is 2.27. The molecule has 0 unspecified atom stereocenters. The third kappa shape index (κ3) is 4.09. The van der Waals surface area contributed by atoms with Gasteiger partial charge in [-0.05, 0) is 38.0 Å². The highest BCUT2D eigenvalue weighted by molar-refractivity contribution is 7.99. The molecule has 1 aromatic heterocycles. The highest BCUT2D eigenvalue weighted by atomic mass is 35.5. The Balaban J connectivity index is 1.41.